The molecule has 0 spiro atoms. The number of aryl methyl sites for hydroxylation is 1. The van der Waals surface area contributed by atoms with E-state index in [1.54, 1.807) is 11.8 Å². The summed E-state index contributed by atoms with van der Waals surface area (Å²) in [6.45, 7) is 2.80. The summed E-state index contributed by atoms with van der Waals surface area (Å²) in [4.78, 5) is 12.1. The molecule has 0 unspecified atom stereocenters. The largest absolute Gasteiger partial charge is 0.356 e. The summed E-state index contributed by atoms with van der Waals surface area (Å²) >= 11 is 13.9. The number of halogens is 2. The van der Waals surface area contributed by atoms with Crippen molar-refractivity contribution in [1.82, 2.24) is 20.1 Å². The Hall–Kier alpha value is -2.02. The first-order valence-corrected chi connectivity index (χ1v) is 11.6. The first-order valence-electron chi connectivity index (χ1n) is 9.91. The quantitative estimate of drug-likeness (QED) is 0.309. The summed E-state index contributed by atoms with van der Waals surface area (Å²) in [6, 6.07) is 15.3. The van der Waals surface area contributed by atoms with Gasteiger partial charge >= 0.3 is 0 Å². The zero-order valence-electron chi connectivity index (χ0n) is 16.8. The molecule has 0 aliphatic carbocycles. The number of aromatic nitrogens is 3. The molecule has 0 aliphatic rings. The molecule has 0 aliphatic heterocycles. The van der Waals surface area contributed by atoms with E-state index in [9.17, 15) is 4.79 Å². The van der Waals surface area contributed by atoms with Crippen LogP contribution in [0.2, 0.25) is 10.0 Å². The zero-order chi connectivity index (χ0) is 21.3. The van der Waals surface area contributed by atoms with Crippen LogP contribution in [0.1, 0.15) is 37.6 Å². The number of nitrogens with zero attached hydrogens (tertiary/aromatic N) is 3. The molecule has 0 saturated heterocycles. The van der Waals surface area contributed by atoms with Crippen LogP contribution < -0.4 is 5.32 Å². The van der Waals surface area contributed by atoms with Gasteiger partial charge in [0.2, 0.25) is 5.91 Å². The smallest absolute Gasteiger partial charge is 0.220 e. The molecule has 0 bridgehead atoms. The highest BCUT2D eigenvalue weighted by atomic mass is 35.5. The topological polar surface area (TPSA) is 59.8 Å². The van der Waals surface area contributed by atoms with Crippen LogP contribution in [0.5, 0.6) is 0 Å². The minimum absolute atomic E-state index is 0.0252. The number of thioether (sulfide) groups is 1. The second kappa shape index (κ2) is 11.4. The molecule has 2 aromatic carbocycles. The van der Waals surface area contributed by atoms with Crippen molar-refractivity contribution in [3.63, 3.8) is 0 Å². The molecule has 1 amide bonds. The van der Waals surface area contributed by atoms with Gasteiger partial charge in [0.25, 0.3) is 0 Å². The third kappa shape index (κ3) is 6.49. The molecular weight excluding hydrogens is 439 g/mol. The van der Waals surface area contributed by atoms with Gasteiger partial charge in [0, 0.05) is 35.2 Å². The Bertz CT molecular complexity index is 993. The fraction of sp³-hybridized carbons (Fsp3) is 0.318. The first-order chi connectivity index (χ1) is 14.6. The Morgan fingerprint density at radius 1 is 1.10 bits per heavy atom. The van der Waals surface area contributed by atoms with Gasteiger partial charge in [-0.3, -0.25) is 9.36 Å². The van der Waals surface area contributed by atoms with Crippen molar-refractivity contribution >= 4 is 40.9 Å². The van der Waals surface area contributed by atoms with Crippen LogP contribution in [-0.4, -0.2) is 27.2 Å². The lowest BCUT2D eigenvalue weighted by molar-refractivity contribution is -0.121. The van der Waals surface area contributed by atoms with E-state index >= 15 is 0 Å². The van der Waals surface area contributed by atoms with Crippen LogP contribution in [0, 0.1) is 0 Å². The van der Waals surface area contributed by atoms with E-state index in [-0.39, 0.29) is 5.91 Å². The van der Waals surface area contributed by atoms with Gasteiger partial charge in [0.05, 0.1) is 5.69 Å². The number of carbonyl (C=O) groups excluding carboxylic acids is 1. The SMILES string of the molecule is CCCCNC(=O)CCc1nnc(SCc2cccc(Cl)c2)n1-c1cccc(Cl)c1. The van der Waals surface area contributed by atoms with Crippen LogP contribution >= 0.6 is 35.0 Å². The normalized spacial score (nSPS) is 10.9. The molecular formula is C22H24Cl2N4OS. The molecule has 0 saturated carbocycles. The number of nitrogens with one attached hydrogen (secondary N) is 1. The predicted molar refractivity (Wildman–Crippen MR) is 124 cm³/mol. The number of hydrogen-bond acceptors (Lipinski definition) is 4. The molecule has 0 fully saturated rings. The number of carbonyl (C=O) groups is 1. The summed E-state index contributed by atoms with van der Waals surface area (Å²) in [6.07, 6.45) is 2.89. The van der Waals surface area contributed by atoms with Crippen LogP contribution in [-0.2, 0) is 17.0 Å². The maximum absolute atomic E-state index is 12.1. The summed E-state index contributed by atoms with van der Waals surface area (Å²) in [7, 11) is 0. The average molecular weight is 463 g/mol. The fourth-order valence-electron chi connectivity index (χ4n) is 2.92. The van der Waals surface area contributed by atoms with Crippen molar-refractivity contribution in [2.24, 2.45) is 0 Å². The molecule has 30 heavy (non-hydrogen) atoms. The lowest BCUT2D eigenvalue weighted by Gasteiger charge is -2.11. The van der Waals surface area contributed by atoms with E-state index in [4.69, 9.17) is 23.2 Å². The Labute approximate surface area is 191 Å². The maximum Gasteiger partial charge on any atom is 0.220 e. The van der Waals surface area contributed by atoms with Crippen LogP contribution in [0.15, 0.2) is 53.7 Å². The van der Waals surface area contributed by atoms with Crippen molar-refractivity contribution in [1.29, 1.82) is 0 Å². The van der Waals surface area contributed by atoms with Crippen molar-refractivity contribution in [2.45, 2.75) is 43.5 Å². The van der Waals surface area contributed by atoms with Crippen molar-refractivity contribution in [3.05, 3.63) is 70.0 Å². The van der Waals surface area contributed by atoms with Gasteiger partial charge in [-0.15, -0.1) is 10.2 Å². The lowest BCUT2D eigenvalue weighted by atomic mass is 10.2. The van der Waals surface area contributed by atoms with Gasteiger partial charge < -0.3 is 5.32 Å². The first kappa shape index (κ1) is 22.7. The molecule has 1 N–H and O–H groups in total. The van der Waals surface area contributed by atoms with Crippen LogP contribution in [0.4, 0.5) is 0 Å². The van der Waals surface area contributed by atoms with E-state index < -0.39 is 0 Å². The van der Waals surface area contributed by atoms with Crippen molar-refractivity contribution in [3.8, 4) is 5.69 Å². The number of amides is 1. The molecule has 0 atom stereocenters. The Morgan fingerprint density at radius 3 is 2.60 bits per heavy atom. The lowest BCUT2D eigenvalue weighted by Crippen LogP contribution is -2.24. The van der Waals surface area contributed by atoms with Crippen LogP contribution in [0.25, 0.3) is 5.69 Å². The zero-order valence-corrected chi connectivity index (χ0v) is 19.1. The van der Waals surface area contributed by atoms with Gasteiger partial charge in [0.15, 0.2) is 5.16 Å². The monoisotopic (exact) mass is 462 g/mol. The molecule has 8 heteroatoms. The van der Waals surface area contributed by atoms with Gasteiger partial charge in [-0.1, -0.05) is 66.5 Å². The minimum Gasteiger partial charge on any atom is -0.356 e. The summed E-state index contributed by atoms with van der Waals surface area (Å²) in [5.41, 5.74) is 1.98. The van der Waals surface area contributed by atoms with Crippen LogP contribution in [0.3, 0.4) is 0 Å². The highest BCUT2D eigenvalue weighted by Crippen LogP contribution is 2.27. The number of unbranched alkanes of at least 4 members (excludes halogenated alkanes) is 1. The van der Waals surface area contributed by atoms with E-state index in [2.05, 4.69) is 22.4 Å². The molecule has 3 rings (SSSR count). The summed E-state index contributed by atoms with van der Waals surface area (Å²) in [5, 5.41) is 13.8. The number of benzene rings is 2. The molecule has 0 radical (unpaired) electrons. The second-order valence-electron chi connectivity index (χ2n) is 6.84. The van der Waals surface area contributed by atoms with E-state index in [0.717, 1.165) is 35.1 Å². The second-order valence-corrected chi connectivity index (χ2v) is 8.65. The third-order valence-electron chi connectivity index (χ3n) is 4.45. The van der Waals surface area contributed by atoms with E-state index in [0.29, 0.717) is 35.2 Å². The van der Waals surface area contributed by atoms with Crippen molar-refractivity contribution < 1.29 is 4.79 Å². The van der Waals surface area contributed by atoms with Gasteiger partial charge in [-0.25, -0.2) is 0 Å². The number of rotatable bonds is 10. The Morgan fingerprint density at radius 2 is 1.87 bits per heavy atom. The highest BCUT2D eigenvalue weighted by Gasteiger charge is 2.16. The minimum atomic E-state index is 0.0252. The van der Waals surface area contributed by atoms with Gasteiger partial charge in [-0.05, 0) is 42.3 Å². The molecule has 1 heterocycles. The van der Waals surface area contributed by atoms with E-state index in [1.165, 1.54) is 0 Å². The van der Waals surface area contributed by atoms with Crippen molar-refractivity contribution in [2.75, 3.05) is 6.54 Å². The summed E-state index contributed by atoms with van der Waals surface area (Å²) in [5.74, 6) is 1.46. The van der Waals surface area contributed by atoms with E-state index in [1.807, 2.05) is 53.1 Å². The fourth-order valence-corrected chi connectivity index (χ4v) is 4.23. The average Bonchev–Trinajstić information content (AvgIpc) is 3.14. The number of hydrogen-bond donors (Lipinski definition) is 1. The van der Waals surface area contributed by atoms with Gasteiger partial charge in [-0.2, -0.15) is 0 Å². The predicted octanol–water partition coefficient (Wildman–Crippen LogP) is 5.72. The summed E-state index contributed by atoms with van der Waals surface area (Å²) < 4.78 is 1.97. The molecule has 5 nitrogen and oxygen atoms in total. The standard InChI is InChI=1S/C22H24Cl2N4OS/c1-2-3-12-25-21(29)11-10-20-26-27-22(28(20)19-9-5-8-18(24)14-19)30-15-16-6-4-7-17(23)13-16/h4-9,13-14H,2-3,10-12,15H2,1H3,(H,25,29). The third-order valence-corrected chi connectivity index (χ3v) is 5.92. The Kier molecular flexibility index (Phi) is 8.61. The molecule has 3 aromatic rings. The highest BCUT2D eigenvalue weighted by molar-refractivity contribution is 7.98. The molecule has 1 aromatic heterocycles. The Balaban J connectivity index is 1.78. The maximum atomic E-state index is 12.1. The van der Waals surface area contributed by atoms with Gasteiger partial charge in [0.1, 0.15) is 5.82 Å². The molecule has 158 valence electrons.